The van der Waals surface area contributed by atoms with Crippen LogP contribution < -0.4 is 64.6 Å². The fourth-order valence-electron chi connectivity index (χ4n) is 8.76. The number of rotatable bonds is 36. The number of carbonyl (C=O) groups is 11. The van der Waals surface area contributed by atoms with E-state index < -0.39 is 138 Å². The number of aliphatic carboxylic acids is 1. The molecule has 16 N–H and O–H groups in total. The molecule has 0 unspecified atom stereocenters. The van der Waals surface area contributed by atoms with Gasteiger partial charge in [-0.25, -0.2) is 4.79 Å². The lowest BCUT2D eigenvalue weighted by Gasteiger charge is -2.28. The van der Waals surface area contributed by atoms with Crippen LogP contribution in [0.5, 0.6) is 0 Å². The fourth-order valence-corrected chi connectivity index (χ4v) is 8.76. The number of carboxylic acid groups (broad SMARTS) is 1. The molecule has 0 radical (unpaired) electrons. The third-order valence-electron chi connectivity index (χ3n) is 12.8. The molecule has 1 heterocycles. The molecule has 444 valence electrons. The Bertz CT molecular complexity index is 2190. The van der Waals surface area contributed by atoms with Gasteiger partial charge in [0.05, 0.1) is 25.1 Å². The van der Waals surface area contributed by atoms with Crippen LogP contribution in [0.2, 0.25) is 0 Å². The van der Waals surface area contributed by atoms with E-state index in [0.29, 0.717) is 31.4 Å². The van der Waals surface area contributed by atoms with Gasteiger partial charge in [0.15, 0.2) is 0 Å². The van der Waals surface area contributed by atoms with Crippen LogP contribution >= 0.6 is 0 Å². The van der Waals surface area contributed by atoms with Gasteiger partial charge in [0.1, 0.15) is 48.3 Å². The van der Waals surface area contributed by atoms with Gasteiger partial charge in [-0.2, -0.15) is 0 Å². The molecule has 0 spiro atoms. The Morgan fingerprint density at radius 2 is 1.03 bits per heavy atom. The van der Waals surface area contributed by atoms with Crippen molar-refractivity contribution in [2.75, 3.05) is 19.6 Å². The van der Waals surface area contributed by atoms with Crippen LogP contribution in [-0.2, 0) is 59.2 Å². The summed E-state index contributed by atoms with van der Waals surface area (Å²) in [5.41, 5.74) is 11.8. The average Bonchev–Trinajstić information content (AvgIpc) is 3.91. The number of aliphatic hydroxyl groups is 1. The molecule has 0 saturated carbocycles. The molecule has 0 bridgehead atoms. The maximum absolute atomic E-state index is 14.3. The number of nitrogens with one attached hydrogen (secondary N) is 10. The second kappa shape index (κ2) is 35.0. The summed E-state index contributed by atoms with van der Waals surface area (Å²) >= 11 is 0. The number of benzene rings is 1. The quantitative estimate of drug-likeness (QED) is 0.0345. The minimum Gasteiger partial charge on any atom is -0.480 e. The van der Waals surface area contributed by atoms with Gasteiger partial charge in [-0.05, 0) is 107 Å². The van der Waals surface area contributed by atoms with Crippen LogP contribution in [-0.4, -0.2) is 155 Å². The molecule has 10 atom stereocenters. The SMILES string of the molecule is CC(C)C[C@H](NC(=O)[C@H](CC(C)C)NC(=O)[C@@H](NC(=O)CNC(=O)[C@H](Cc1ccccc1)NC(=O)[C@H](CC(C)C)NC(=O)[C@H](CCCCN)NC(=O)[C@H](CC(C)C)NC(=O)[C@H](CC(N)=O)NC(=O)[C@@H]1CCCN1)[C@@H](C)O)C(=O)O. The van der Waals surface area contributed by atoms with Gasteiger partial charge in [0, 0.05) is 6.42 Å². The Morgan fingerprint density at radius 3 is 1.48 bits per heavy atom. The summed E-state index contributed by atoms with van der Waals surface area (Å²) in [4.78, 5) is 148. The highest BCUT2D eigenvalue weighted by molar-refractivity contribution is 5.99. The van der Waals surface area contributed by atoms with Gasteiger partial charge in [0.2, 0.25) is 59.1 Å². The van der Waals surface area contributed by atoms with Crippen LogP contribution in [0.1, 0.15) is 132 Å². The van der Waals surface area contributed by atoms with Crippen molar-refractivity contribution in [2.24, 2.45) is 35.1 Å². The zero-order valence-electron chi connectivity index (χ0n) is 47.4. The molecule has 1 saturated heterocycles. The van der Waals surface area contributed by atoms with E-state index in [-0.39, 0.29) is 68.7 Å². The van der Waals surface area contributed by atoms with Crippen molar-refractivity contribution in [1.29, 1.82) is 0 Å². The van der Waals surface area contributed by atoms with Gasteiger partial charge in [0.25, 0.3) is 0 Å². The predicted molar refractivity (Wildman–Crippen MR) is 293 cm³/mol. The zero-order chi connectivity index (χ0) is 59.5. The lowest BCUT2D eigenvalue weighted by molar-refractivity contribution is -0.143. The summed E-state index contributed by atoms with van der Waals surface area (Å²) in [6.07, 6.45) is 0.429. The molecule has 1 aliphatic rings. The van der Waals surface area contributed by atoms with Gasteiger partial charge >= 0.3 is 5.97 Å². The first-order valence-electron chi connectivity index (χ1n) is 27.5. The van der Waals surface area contributed by atoms with Crippen molar-refractivity contribution >= 4 is 65.0 Å². The molecule has 1 aromatic rings. The summed E-state index contributed by atoms with van der Waals surface area (Å²) in [6.45, 7) is 15.7. The molecule has 2 rings (SSSR count). The van der Waals surface area contributed by atoms with Crippen molar-refractivity contribution < 1.29 is 63.0 Å². The molecule has 10 amide bonds. The van der Waals surface area contributed by atoms with Crippen molar-refractivity contribution in [3.8, 4) is 0 Å². The molecular weight excluding hydrogens is 1020 g/mol. The van der Waals surface area contributed by atoms with E-state index in [4.69, 9.17) is 11.5 Å². The van der Waals surface area contributed by atoms with Gasteiger partial charge in [-0.15, -0.1) is 0 Å². The Balaban J connectivity index is 2.34. The lowest BCUT2D eigenvalue weighted by atomic mass is 9.99. The summed E-state index contributed by atoms with van der Waals surface area (Å²) in [6, 6.07) is -2.56. The van der Waals surface area contributed by atoms with Gasteiger partial charge in [-0.3, -0.25) is 47.9 Å². The maximum atomic E-state index is 14.3. The number of carbonyl (C=O) groups excluding carboxylic acids is 10. The van der Waals surface area contributed by atoms with Gasteiger partial charge in [-0.1, -0.05) is 85.7 Å². The van der Waals surface area contributed by atoms with Crippen LogP contribution in [0.15, 0.2) is 30.3 Å². The Morgan fingerprint density at radius 1 is 0.570 bits per heavy atom. The fraction of sp³-hybridized carbons (Fsp3) is 0.685. The summed E-state index contributed by atoms with van der Waals surface area (Å²) in [7, 11) is 0. The number of primary amides is 1. The second-order valence-corrected chi connectivity index (χ2v) is 22.1. The lowest BCUT2D eigenvalue weighted by Crippen LogP contribution is -2.60. The maximum Gasteiger partial charge on any atom is 0.326 e. The minimum atomic E-state index is -1.62. The van der Waals surface area contributed by atoms with Gasteiger partial charge < -0.3 is 74.8 Å². The highest BCUT2D eigenvalue weighted by atomic mass is 16.4. The smallest absolute Gasteiger partial charge is 0.326 e. The van der Waals surface area contributed by atoms with Crippen LogP contribution in [0.4, 0.5) is 0 Å². The van der Waals surface area contributed by atoms with Crippen molar-refractivity contribution in [1.82, 2.24) is 53.2 Å². The first-order valence-corrected chi connectivity index (χ1v) is 27.5. The number of amides is 10. The molecule has 0 aliphatic carbocycles. The van der Waals surface area contributed by atoms with E-state index in [1.165, 1.54) is 6.92 Å². The first kappa shape index (κ1) is 68.4. The van der Waals surface area contributed by atoms with Crippen molar-refractivity contribution in [2.45, 2.75) is 193 Å². The minimum absolute atomic E-state index is 0.0685. The third-order valence-corrected chi connectivity index (χ3v) is 12.8. The van der Waals surface area contributed by atoms with E-state index >= 15 is 0 Å². The predicted octanol–water partition coefficient (Wildman–Crippen LogP) is -1.37. The van der Waals surface area contributed by atoms with Crippen molar-refractivity contribution in [3.05, 3.63) is 35.9 Å². The highest BCUT2D eigenvalue weighted by Crippen LogP contribution is 2.14. The molecule has 25 heteroatoms. The normalized spacial score (nSPS) is 16.7. The summed E-state index contributed by atoms with van der Waals surface area (Å²) < 4.78 is 0. The van der Waals surface area contributed by atoms with Crippen LogP contribution in [0, 0.1) is 23.7 Å². The van der Waals surface area contributed by atoms with E-state index in [1.807, 2.05) is 0 Å². The van der Waals surface area contributed by atoms with E-state index in [0.717, 1.165) is 6.42 Å². The number of carboxylic acids is 1. The molecule has 1 fully saturated rings. The van der Waals surface area contributed by atoms with E-state index in [2.05, 4.69) is 53.2 Å². The third kappa shape index (κ3) is 26.2. The molecule has 25 nitrogen and oxygen atoms in total. The molecule has 1 aromatic carbocycles. The standard InChI is InChI=1S/C54H90N12O13/c1-29(2)22-37(61-52(76)41(27-43(56)68)63-47(71)35-19-15-21-57-35)49(73)59-36(18-13-14-20-55)48(72)60-38(23-30(3)4)50(74)62-40(26-34-16-11-10-12-17-34)46(70)58-28-44(69)66-45(33(9)67)53(77)64-39(24-31(5)6)51(75)65-42(54(78)79)25-32(7)8/h10-12,16-17,29-33,35-42,45,57,67H,13-15,18-28,55H2,1-9H3,(H2,56,68)(H,58,70)(H,59,73)(H,60,72)(H,61,76)(H,62,74)(H,63,71)(H,64,77)(H,65,75)(H,66,69)(H,78,79)/t33-,35+,36+,37+,38+,39+,40+,41+,42+,45+/m1/s1. The molecule has 79 heavy (non-hydrogen) atoms. The topological polar surface area (TPSA) is 401 Å². The van der Waals surface area contributed by atoms with Crippen LogP contribution in [0.3, 0.4) is 0 Å². The number of hydrogen-bond donors (Lipinski definition) is 14. The average molecular weight is 1120 g/mol. The van der Waals surface area contributed by atoms with E-state index in [9.17, 15) is 63.0 Å². The largest absolute Gasteiger partial charge is 0.480 e. The molecule has 0 aromatic heterocycles. The summed E-state index contributed by atoms with van der Waals surface area (Å²) in [5, 5.41) is 46.5. The molecule has 1 aliphatic heterocycles. The van der Waals surface area contributed by atoms with Crippen molar-refractivity contribution in [3.63, 3.8) is 0 Å². The number of nitrogens with two attached hydrogens (primary N) is 2. The first-order chi connectivity index (χ1) is 37.1. The monoisotopic (exact) mass is 1110 g/mol. The Labute approximate surface area is 463 Å². The highest BCUT2D eigenvalue weighted by Gasteiger charge is 2.36. The van der Waals surface area contributed by atoms with E-state index in [1.54, 1.807) is 85.7 Å². The number of aliphatic hydroxyl groups excluding tert-OH is 1. The number of unbranched alkanes of at least 4 members (excludes halogenated alkanes) is 1. The van der Waals surface area contributed by atoms with Crippen LogP contribution in [0.25, 0.3) is 0 Å². The Hall–Kier alpha value is -6.73. The molecular formula is C54H90N12O13. The number of hydrogen-bond acceptors (Lipinski definition) is 14. The zero-order valence-corrected chi connectivity index (χ0v) is 47.4. The second-order valence-electron chi connectivity index (χ2n) is 22.1. The summed E-state index contributed by atoms with van der Waals surface area (Å²) in [5.74, 6) is -9.81. The Kier molecular flexibility index (Phi) is 30.3.